The van der Waals surface area contributed by atoms with Crippen LogP contribution >= 0.6 is 11.6 Å². The van der Waals surface area contributed by atoms with E-state index in [1.807, 2.05) is 72.8 Å². The summed E-state index contributed by atoms with van der Waals surface area (Å²) in [4.78, 5) is 5.23. The number of rotatable bonds is 9. The normalized spacial score (nSPS) is 19.1. The van der Waals surface area contributed by atoms with Gasteiger partial charge in [-0.2, -0.15) is 0 Å². The van der Waals surface area contributed by atoms with Gasteiger partial charge >= 0.3 is 0 Å². The number of aliphatic hydroxyl groups is 1. The van der Waals surface area contributed by atoms with E-state index in [1.165, 1.54) is 44.3 Å². The summed E-state index contributed by atoms with van der Waals surface area (Å²) in [5, 5.41) is 12.7. The summed E-state index contributed by atoms with van der Waals surface area (Å²) >= 11 is 6.09. The van der Waals surface area contributed by atoms with Crippen molar-refractivity contribution in [2.75, 3.05) is 39.3 Å². The first-order valence-electron chi connectivity index (χ1n) is 13.7. The Balaban J connectivity index is 1.20. The molecular formula is C32H39ClN2O2. The highest BCUT2D eigenvalue weighted by molar-refractivity contribution is 6.30. The molecule has 1 unspecified atom stereocenters. The standard InChI is InChI=1S/C32H39ClN2O2/c1-25-4-8-27(9-5-25)32(36,24-26-6-12-29(33)13-7-26)28-10-14-31(15-11-28)37-23-22-34-20-16-30(17-21-34)35-18-2-3-19-35/h4-15,30,36H,2-3,16-24H2,1H3. The molecule has 2 heterocycles. The average Bonchev–Trinajstić information content (AvgIpc) is 3.46. The van der Waals surface area contributed by atoms with E-state index in [-0.39, 0.29) is 0 Å². The first-order chi connectivity index (χ1) is 18.0. The van der Waals surface area contributed by atoms with E-state index in [1.54, 1.807) is 0 Å². The van der Waals surface area contributed by atoms with Gasteiger partial charge in [0.2, 0.25) is 0 Å². The second-order valence-electron chi connectivity index (χ2n) is 10.7. The summed E-state index contributed by atoms with van der Waals surface area (Å²) in [6.45, 7) is 8.61. The number of piperidine rings is 1. The summed E-state index contributed by atoms with van der Waals surface area (Å²) in [7, 11) is 0. The summed E-state index contributed by atoms with van der Waals surface area (Å²) in [5.74, 6) is 0.841. The van der Waals surface area contributed by atoms with Crippen LogP contribution in [0.5, 0.6) is 5.75 Å². The van der Waals surface area contributed by atoms with Crippen LogP contribution in [0.25, 0.3) is 0 Å². The van der Waals surface area contributed by atoms with Gasteiger partial charge in [-0.15, -0.1) is 0 Å². The lowest BCUT2D eigenvalue weighted by Gasteiger charge is -2.36. The molecule has 2 fully saturated rings. The molecule has 0 radical (unpaired) electrons. The second kappa shape index (κ2) is 12.0. The number of nitrogens with zero attached hydrogens (tertiary/aromatic N) is 2. The molecule has 1 N–H and O–H groups in total. The highest BCUT2D eigenvalue weighted by atomic mass is 35.5. The van der Waals surface area contributed by atoms with Crippen LogP contribution in [0.15, 0.2) is 72.8 Å². The minimum absolute atomic E-state index is 0.459. The van der Waals surface area contributed by atoms with E-state index < -0.39 is 5.60 Å². The summed E-state index contributed by atoms with van der Waals surface area (Å²) in [6.07, 6.45) is 5.76. The van der Waals surface area contributed by atoms with Crippen LogP contribution in [0.2, 0.25) is 5.02 Å². The molecule has 2 saturated heterocycles. The Morgan fingerprint density at radius 2 is 1.43 bits per heavy atom. The highest BCUT2D eigenvalue weighted by Gasteiger charge is 2.32. The first-order valence-corrected chi connectivity index (χ1v) is 14.1. The van der Waals surface area contributed by atoms with Gasteiger partial charge in [-0.3, -0.25) is 4.90 Å². The number of hydrogen-bond acceptors (Lipinski definition) is 4. The first kappa shape index (κ1) is 26.2. The minimum atomic E-state index is -1.15. The number of aryl methyl sites for hydroxylation is 1. The van der Waals surface area contributed by atoms with Crippen molar-refractivity contribution in [2.45, 2.75) is 50.7 Å². The Morgan fingerprint density at radius 1 is 0.838 bits per heavy atom. The average molecular weight is 519 g/mol. The highest BCUT2D eigenvalue weighted by Crippen LogP contribution is 2.35. The number of likely N-dealkylation sites (tertiary alicyclic amines) is 2. The Labute approximate surface area is 226 Å². The van der Waals surface area contributed by atoms with Gasteiger partial charge < -0.3 is 14.7 Å². The third kappa shape index (κ3) is 6.56. The van der Waals surface area contributed by atoms with Crippen molar-refractivity contribution >= 4 is 11.6 Å². The topological polar surface area (TPSA) is 35.9 Å². The minimum Gasteiger partial charge on any atom is -0.492 e. The molecule has 5 heteroatoms. The fourth-order valence-electron chi connectivity index (χ4n) is 5.83. The number of ether oxygens (including phenoxy) is 1. The molecule has 0 spiro atoms. The molecule has 1 atom stereocenters. The maximum absolute atomic E-state index is 12.0. The Hall–Kier alpha value is -2.37. The fourth-order valence-corrected chi connectivity index (χ4v) is 5.96. The van der Waals surface area contributed by atoms with Crippen LogP contribution in [0, 0.1) is 6.92 Å². The molecule has 196 valence electrons. The predicted octanol–water partition coefficient (Wildman–Crippen LogP) is 6.07. The third-order valence-corrected chi connectivity index (χ3v) is 8.38. The molecule has 4 nitrogen and oxygen atoms in total. The lowest BCUT2D eigenvalue weighted by Crippen LogP contribution is -2.44. The summed E-state index contributed by atoms with van der Waals surface area (Å²) in [6, 6.07) is 24.6. The zero-order chi connectivity index (χ0) is 25.7. The van der Waals surface area contributed by atoms with E-state index in [4.69, 9.17) is 16.3 Å². The van der Waals surface area contributed by atoms with Crippen molar-refractivity contribution in [3.05, 3.63) is 100 Å². The molecule has 2 aliphatic rings. The van der Waals surface area contributed by atoms with Crippen LogP contribution in [-0.2, 0) is 12.0 Å². The van der Waals surface area contributed by atoms with Crippen LogP contribution in [-0.4, -0.2) is 60.3 Å². The van der Waals surface area contributed by atoms with Crippen molar-refractivity contribution in [1.29, 1.82) is 0 Å². The van der Waals surface area contributed by atoms with Gasteiger partial charge in [0.05, 0.1) is 0 Å². The van der Waals surface area contributed by atoms with Gasteiger partial charge in [0.25, 0.3) is 0 Å². The second-order valence-corrected chi connectivity index (χ2v) is 11.2. The molecule has 0 bridgehead atoms. The van der Waals surface area contributed by atoms with Crippen LogP contribution in [0.3, 0.4) is 0 Å². The summed E-state index contributed by atoms with van der Waals surface area (Å²) in [5.41, 5.74) is 2.77. The molecule has 0 amide bonds. The lowest BCUT2D eigenvalue weighted by atomic mass is 9.81. The lowest BCUT2D eigenvalue weighted by molar-refractivity contribution is 0.0810. The molecule has 0 aromatic heterocycles. The van der Waals surface area contributed by atoms with Crippen molar-refractivity contribution in [1.82, 2.24) is 9.80 Å². The molecule has 37 heavy (non-hydrogen) atoms. The van der Waals surface area contributed by atoms with Crippen LogP contribution in [0.1, 0.15) is 47.9 Å². The van der Waals surface area contributed by atoms with Crippen molar-refractivity contribution in [2.24, 2.45) is 0 Å². The fraction of sp³-hybridized carbons (Fsp3) is 0.438. The maximum atomic E-state index is 12.0. The zero-order valence-corrected chi connectivity index (χ0v) is 22.7. The molecule has 3 aromatic rings. The predicted molar refractivity (Wildman–Crippen MR) is 152 cm³/mol. The van der Waals surface area contributed by atoms with Gasteiger partial charge in [-0.05, 0) is 99.7 Å². The summed E-state index contributed by atoms with van der Waals surface area (Å²) < 4.78 is 6.11. The molecule has 5 rings (SSSR count). The Kier molecular flexibility index (Phi) is 8.51. The zero-order valence-electron chi connectivity index (χ0n) is 21.9. The maximum Gasteiger partial charge on any atom is 0.119 e. The number of halogens is 1. The quantitative estimate of drug-likeness (QED) is 0.373. The SMILES string of the molecule is Cc1ccc(C(O)(Cc2ccc(Cl)cc2)c2ccc(OCCN3CCC(N4CCCC4)CC3)cc2)cc1. The molecule has 2 aliphatic heterocycles. The van der Waals surface area contributed by atoms with Crippen molar-refractivity contribution < 1.29 is 9.84 Å². The monoisotopic (exact) mass is 518 g/mol. The van der Waals surface area contributed by atoms with Crippen molar-refractivity contribution in [3.8, 4) is 5.75 Å². The van der Waals surface area contributed by atoms with Crippen molar-refractivity contribution in [3.63, 3.8) is 0 Å². The largest absolute Gasteiger partial charge is 0.492 e. The van der Waals surface area contributed by atoms with Gasteiger partial charge in [-0.1, -0.05) is 65.7 Å². The van der Waals surface area contributed by atoms with Gasteiger partial charge in [-0.25, -0.2) is 0 Å². The smallest absolute Gasteiger partial charge is 0.119 e. The Morgan fingerprint density at radius 3 is 2.05 bits per heavy atom. The Bertz CT molecular complexity index is 1120. The van der Waals surface area contributed by atoms with Crippen LogP contribution < -0.4 is 4.74 Å². The van der Waals surface area contributed by atoms with Gasteiger partial charge in [0.15, 0.2) is 0 Å². The van der Waals surface area contributed by atoms with E-state index >= 15 is 0 Å². The van der Waals surface area contributed by atoms with E-state index in [0.29, 0.717) is 18.1 Å². The van der Waals surface area contributed by atoms with E-state index in [0.717, 1.165) is 48.1 Å². The number of benzene rings is 3. The van der Waals surface area contributed by atoms with E-state index in [2.05, 4.69) is 16.7 Å². The van der Waals surface area contributed by atoms with Crippen LogP contribution in [0.4, 0.5) is 0 Å². The molecule has 0 aliphatic carbocycles. The molecular weight excluding hydrogens is 480 g/mol. The number of hydrogen-bond donors (Lipinski definition) is 1. The van der Waals surface area contributed by atoms with Gasteiger partial charge in [0, 0.05) is 24.0 Å². The molecule has 0 saturated carbocycles. The van der Waals surface area contributed by atoms with E-state index in [9.17, 15) is 5.11 Å². The van der Waals surface area contributed by atoms with Gasteiger partial charge in [0.1, 0.15) is 18.0 Å². The molecule has 3 aromatic carbocycles. The third-order valence-electron chi connectivity index (χ3n) is 8.12.